The lowest BCUT2D eigenvalue weighted by atomic mass is 9.96. The fraction of sp³-hybridized carbons (Fsp3) is 0.312. The van der Waals surface area contributed by atoms with Gasteiger partial charge >= 0.3 is 0 Å². The quantitative estimate of drug-likeness (QED) is 0.445. The summed E-state index contributed by atoms with van der Waals surface area (Å²) < 4.78 is 0. The average Bonchev–Trinajstić information content (AvgIpc) is 2.37. The van der Waals surface area contributed by atoms with Gasteiger partial charge in [-0.15, -0.1) is 5.73 Å². The molecule has 1 aromatic rings. The molecular weight excluding hydrogens is 192 g/mol. The van der Waals surface area contributed by atoms with E-state index in [2.05, 4.69) is 17.6 Å². The van der Waals surface area contributed by atoms with Crippen molar-refractivity contribution in [2.24, 2.45) is 0 Å². The van der Waals surface area contributed by atoms with Crippen molar-refractivity contribution in [3.8, 4) is 11.8 Å². The van der Waals surface area contributed by atoms with Gasteiger partial charge in [0, 0.05) is 11.6 Å². The minimum Gasteiger partial charge on any atom is -0.113 e. The monoisotopic (exact) mass is 208 g/mol. The molecule has 0 amide bonds. The summed E-state index contributed by atoms with van der Waals surface area (Å²) >= 11 is 0. The zero-order valence-electron chi connectivity index (χ0n) is 9.50. The summed E-state index contributed by atoms with van der Waals surface area (Å²) in [7, 11) is 0. The van der Waals surface area contributed by atoms with Crippen LogP contribution < -0.4 is 0 Å². The van der Waals surface area contributed by atoms with Gasteiger partial charge in [0.05, 0.1) is 0 Å². The van der Waals surface area contributed by atoms with E-state index in [1.165, 1.54) is 37.7 Å². The van der Waals surface area contributed by atoms with Crippen LogP contribution in [0.3, 0.4) is 0 Å². The molecular formula is C16H16. The Balaban J connectivity index is 2.01. The predicted octanol–water partition coefficient (Wildman–Crippen LogP) is 4.08. The molecule has 0 heterocycles. The maximum Gasteiger partial charge on any atom is 0.0305 e. The SMILES string of the molecule is C(=CC#Cc1ccccc1)=C1CCCCC1. The van der Waals surface area contributed by atoms with E-state index in [4.69, 9.17) is 0 Å². The predicted molar refractivity (Wildman–Crippen MR) is 68.0 cm³/mol. The van der Waals surface area contributed by atoms with Crippen LogP contribution in [-0.4, -0.2) is 0 Å². The highest BCUT2D eigenvalue weighted by Gasteiger charge is 2.02. The van der Waals surface area contributed by atoms with Gasteiger partial charge < -0.3 is 0 Å². The van der Waals surface area contributed by atoms with E-state index in [0.717, 1.165) is 5.56 Å². The summed E-state index contributed by atoms with van der Waals surface area (Å²) in [5.41, 5.74) is 5.81. The Bertz CT molecular complexity index is 440. The summed E-state index contributed by atoms with van der Waals surface area (Å²) in [6.07, 6.45) is 8.31. The Morgan fingerprint density at radius 1 is 0.938 bits per heavy atom. The molecule has 2 rings (SSSR count). The summed E-state index contributed by atoms with van der Waals surface area (Å²) in [5, 5.41) is 0. The first-order valence-corrected chi connectivity index (χ1v) is 5.95. The molecule has 0 unspecified atom stereocenters. The van der Waals surface area contributed by atoms with Crippen LogP contribution in [0.1, 0.15) is 37.7 Å². The molecule has 0 N–H and O–H groups in total. The van der Waals surface area contributed by atoms with Gasteiger partial charge in [0.15, 0.2) is 0 Å². The molecule has 0 aromatic heterocycles. The van der Waals surface area contributed by atoms with Gasteiger partial charge in [-0.2, -0.15) is 0 Å². The molecule has 0 bridgehead atoms. The van der Waals surface area contributed by atoms with Crippen molar-refractivity contribution in [2.45, 2.75) is 32.1 Å². The van der Waals surface area contributed by atoms with Crippen LogP contribution >= 0.6 is 0 Å². The van der Waals surface area contributed by atoms with Crippen molar-refractivity contribution in [3.05, 3.63) is 53.3 Å². The maximum atomic E-state index is 3.31. The van der Waals surface area contributed by atoms with Crippen molar-refractivity contribution in [2.75, 3.05) is 0 Å². The number of benzene rings is 1. The average molecular weight is 208 g/mol. The Hall–Kier alpha value is -1.70. The smallest absolute Gasteiger partial charge is 0.0305 e. The zero-order chi connectivity index (χ0) is 11.1. The Kier molecular flexibility index (Phi) is 4.06. The summed E-state index contributed by atoms with van der Waals surface area (Å²) in [4.78, 5) is 0. The molecule has 0 heteroatoms. The lowest BCUT2D eigenvalue weighted by Crippen LogP contribution is -1.91. The summed E-state index contributed by atoms with van der Waals surface area (Å²) in [6.45, 7) is 0. The second-order valence-electron chi connectivity index (χ2n) is 4.09. The highest BCUT2D eigenvalue weighted by atomic mass is 14.1. The highest BCUT2D eigenvalue weighted by Crippen LogP contribution is 2.21. The van der Waals surface area contributed by atoms with E-state index in [1.807, 2.05) is 36.4 Å². The maximum absolute atomic E-state index is 3.31. The van der Waals surface area contributed by atoms with E-state index >= 15 is 0 Å². The molecule has 0 radical (unpaired) electrons. The van der Waals surface area contributed by atoms with E-state index in [1.54, 1.807) is 0 Å². The first-order chi connectivity index (χ1) is 7.95. The zero-order valence-corrected chi connectivity index (χ0v) is 9.50. The van der Waals surface area contributed by atoms with E-state index in [9.17, 15) is 0 Å². The third-order valence-corrected chi connectivity index (χ3v) is 2.80. The molecule has 1 aliphatic carbocycles. The van der Waals surface area contributed by atoms with Gasteiger partial charge in [-0.3, -0.25) is 0 Å². The first kappa shape index (κ1) is 10.8. The number of hydrogen-bond acceptors (Lipinski definition) is 0. The van der Waals surface area contributed by atoms with E-state index < -0.39 is 0 Å². The van der Waals surface area contributed by atoms with Crippen LogP contribution in [0.15, 0.2) is 47.7 Å². The van der Waals surface area contributed by atoms with Crippen molar-refractivity contribution in [3.63, 3.8) is 0 Å². The van der Waals surface area contributed by atoms with Crippen LogP contribution in [0.25, 0.3) is 0 Å². The van der Waals surface area contributed by atoms with Gasteiger partial charge in [-0.05, 0) is 43.4 Å². The van der Waals surface area contributed by atoms with E-state index in [-0.39, 0.29) is 0 Å². The molecule has 0 aliphatic heterocycles. The molecule has 0 nitrogen and oxygen atoms in total. The lowest BCUT2D eigenvalue weighted by Gasteiger charge is -2.09. The van der Waals surface area contributed by atoms with Crippen LogP contribution in [0.5, 0.6) is 0 Å². The third kappa shape index (κ3) is 3.46. The molecule has 1 fully saturated rings. The van der Waals surface area contributed by atoms with Gasteiger partial charge in [0.2, 0.25) is 0 Å². The molecule has 1 aliphatic rings. The molecule has 0 atom stereocenters. The van der Waals surface area contributed by atoms with Gasteiger partial charge in [0.1, 0.15) is 0 Å². The third-order valence-electron chi connectivity index (χ3n) is 2.80. The van der Waals surface area contributed by atoms with Crippen molar-refractivity contribution < 1.29 is 0 Å². The van der Waals surface area contributed by atoms with Crippen molar-refractivity contribution in [1.29, 1.82) is 0 Å². The Labute approximate surface area is 97.7 Å². The Morgan fingerprint density at radius 2 is 1.69 bits per heavy atom. The van der Waals surface area contributed by atoms with Crippen molar-refractivity contribution in [1.82, 2.24) is 0 Å². The van der Waals surface area contributed by atoms with Crippen LogP contribution in [0.4, 0.5) is 0 Å². The van der Waals surface area contributed by atoms with Gasteiger partial charge in [0.25, 0.3) is 0 Å². The molecule has 16 heavy (non-hydrogen) atoms. The summed E-state index contributed by atoms with van der Waals surface area (Å²) in [5.74, 6) is 6.14. The van der Waals surface area contributed by atoms with Crippen molar-refractivity contribution >= 4 is 0 Å². The van der Waals surface area contributed by atoms with Gasteiger partial charge in [-0.1, -0.05) is 36.5 Å². The molecule has 80 valence electrons. The fourth-order valence-electron chi connectivity index (χ4n) is 1.90. The number of hydrogen-bond donors (Lipinski definition) is 0. The summed E-state index contributed by atoms with van der Waals surface area (Å²) in [6, 6.07) is 10.1. The highest BCUT2D eigenvalue weighted by molar-refractivity contribution is 5.36. The minimum absolute atomic E-state index is 1.06. The normalized spacial score (nSPS) is 14.6. The topological polar surface area (TPSA) is 0 Å². The van der Waals surface area contributed by atoms with Crippen LogP contribution in [-0.2, 0) is 0 Å². The van der Waals surface area contributed by atoms with E-state index in [0.29, 0.717) is 0 Å². The lowest BCUT2D eigenvalue weighted by molar-refractivity contribution is 0.600. The van der Waals surface area contributed by atoms with Crippen LogP contribution in [0.2, 0.25) is 0 Å². The standard InChI is InChI=1S/C16H16/c1-3-9-15(10-4-1)13-7-8-14-16-11-5-2-6-12-16/h1,3-4,8-10H,2,5-6,11-12H2. The second kappa shape index (κ2) is 6.01. The van der Waals surface area contributed by atoms with Crippen LogP contribution in [0, 0.1) is 11.8 Å². The number of allylic oxidation sites excluding steroid dienone is 1. The molecule has 1 saturated carbocycles. The fourth-order valence-corrected chi connectivity index (χ4v) is 1.90. The first-order valence-electron chi connectivity index (χ1n) is 5.95. The molecule has 1 aromatic carbocycles. The Morgan fingerprint density at radius 3 is 2.44 bits per heavy atom. The molecule has 0 spiro atoms. The molecule has 0 saturated heterocycles. The minimum atomic E-state index is 1.06. The number of rotatable bonds is 0. The largest absolute Gasteiger partial charge is 0.113 e. The van der Waals surface area contributed by atoms with Gasteiger partial charge in [-0.25, -0.2) is 0 Å². The second-order valence-corrected chi connectivity index (χ2v) is 4.09.